The lowest BCUT2D eigenvalue weighted by Gasteiger charge is -2.24. The number of hydrogen-bond donors (Lipinski definition) is 1. The highest BCUT2D eigenvalue weighted by molar-refractivity contribution is 5.34. The summed E-state index contributed by atoms with van der Waals surface area (Å²) in [5, 5.41) is 3.21. The van der Waals surface area contributed by atoms with Crippen molar-refractivity contribution in [2.75, 3.05) is 13.1 Å². The predicted molar refractivity (Wildman–Crippen MR) is 57.9 cm³/mol. The summed E-state index contributed by atoms with van der Waals surface area (Å²) in [6, 6.07) is 6.36. The number of piperidine rings is 1. The molecule has 0 spiro atoms. The van der Waals surface area contributed by atoms with Crippen molar-refractivity contribution in [3.63, 3.8) is 0 Å². The Labute approximate surface area is 93.6 Å². The fourth-order valence-electron chi connectivity index (χ4n) is 1.86. The van der Waals surface area contributed by atoms with Gasteiger partial charge in [0.2, 0.25) is 0 Å². The SMILES string of the molecule is FC(F)c1ccccc1OC1CCNCC1. The lowest BCUT2D eigenvalue weighted by Crippen LogP contribution is -2.34. The molecule has 0 bridgehead atoms. The van der Waals surface area contributed by atoms with Crippen LogP contribution in [0.3, 0.4) is 0 Å². The molecule has 0 aromatic heterocycles. The Morgan fingerprint density at radius 1 is 1.19 bits per heavy atom. The van der Waals surface area contributed by atoms with Crippen LogP contribution in [-0.4, -0.2) is 19.2 Å². The summed E-state index contributed by atoms with van der Waals surface area (Å²) < 4.78 is 31.0. The molecule has 16 heavy (non-hydrogen) atoms. The molecule has 0 atom stereocenters. The van der Waals surface area contributed by atoms with E-state index in [0.29, 0.717) is 5.75 Å². The zero-order valence-electron chi connectivity index (χ0n) is 8.96. The third-order valence-electron chi connectivity index (χ3n) is 2.73. The van der Waals surface area contributed by atoms with Gasteiger partial charge in [-0.25, -0.2) is 8.78 Å². The van der Waals surface area contributed by atoms with Crippen LogP contribution in [0.2, 0.25) is 0 Å². The van der Waals surface area contributed by atoms with Gasteiger partial charge in [0.15, 0.2) is 0 Å². The molecule has 2 nitrogen and oxygen atoms in total. The molecule has 1 fully saturated rings. The second-order valence-corrected chi connectivity index (χ2v) is 3.91. The second-order valence-electron chi connectivity index (χ2n) is 3.91. The van der Waals surface area contributed by atoms with Crippen molar-refractivity contribution in [2.45, 2.75) is 25.4 Å². The molecule has 1 aliphatic rings. The first kappa shape index (κ1) is 11.3. The molecule has 88 valence electrons. The van der Waals surface area contributed by atoms with Gasteiger partial charge >= 0.3 is 0 Å². The molecule has 1 N–H and O–H groups in total. The van der Waals surface area contributed by atoms with Gasteiger partial charge < -0.3 is 10.1 Å². The molecule has 1 heterocycles. The molecule has 0 radical (unpaired) electrons. The standard InChI is InChI=1S/C12H15F2NO/c13-12(14)10-3-1-2-4-11(10)16-9-5-7-15-8-6-9/h1-4,9,12,15H,5-8H2. The minimum absolute atomic E-state index is 0.0129. The average Bonchev–Trinajstić information content (AvgIpc) is 2.31. The quantitative estimate of drug-likeness (QED) is 0.857. The van der Waals surface area contributed by atoms with Crippen LogP contribution in [0.5, 0.6) is 5.75 Å². The lowest BCUT2D eigenvalue weighted by molar-refractivity contribution is 0.127. The highest BCUT2D eigenvalue weighted by Crippen LogP contribution is 2.30. The zero-order valence-corrected chi connectivity index (χ0v) is 8.96. The van der Waals surface area contributed by atoms with E-state index < -0.39 is 6.43 Å². The molecular formula is C12H15F2NO. The van der Waals surface area contributed by atoms with Gasteiger partial charge in [-0.05, 0) is 38.1 Å². The first-order valence-electron chi connectivity index (χ1n) is 5.52. The number of nitrogens with one attached hydrogen (secondary N) is 1. The first-order valence-corrected chi connectivity index (χ1v) is 5.52. The van der Waals surface area contributed by atoms with Crippen molar-refractivity contribution in [3.8, 4) is 5.75 Å². The summed E-state index contributed by atoms with van der Waals surface area (Å²) in [5.74, 6) is 0.324. The topological polar surface area (TPSA) is 21.3 Å². The Bertz CT molecular complexity index is 338. The van der Waals surface area contributed by atoms with Crippen LogP contribution in [0, 0.1) is 0 Å². The van der Waals surface area contributed by atoms with Gasteiger partial charge in [0, 0.05) is 0 Å². The molecule has 0 aliphatic carbocycles. The Hall–Kier alpha value is -1.16. The van der Waals surface area contributed by atoms with E-state index in [-0.39, 0.29) is 11.7 Å². The Kier molecular flexibility index (Phi) is 3.72. The molecule has 4 heteroatoms. The highest BCUT2D eigenvalue weighted by Gasteiger charge is 2.18. The summed E-state index contributed by atoms with van der Waals surface area (Å²) in [6.45, 7) is 1.78. The average molecular weight is 227 g/mol. The molecule has 0 unspecified atom stereocenters. The minimum atomic E-state index is -2.47. The van der Waals surface area contributed by atoms with E-state index in [9.17, 15) is 8.78 Å². The molecule has 0 saturated carbocycles. The van der Waals surface area contributed by atoms with Gasteiger partial charge in [-0.15, -0.1) is 0 Å². The van der Waals surface area contributed by atoms with Crippen molar-refractivity contribution in [1.29, 1.82) is 0 Å². The lowest BCUT2D eigenvalue weighted by atomic mass is 10.1. The Morgan fingerprint density at radius 2 is 1.88 bits per heavy atom. The number of alkyl halides is 2. The smallest absolute Gasteiger partial charge is 0.267 e. The van der Waals surface area contributed by atoms with E-state index in [2.05, 4.69) is 5.32 Å². The monoisotopic (exact) mass is 227 g/mol. The van der Waals surface area contributed by atoms with Gasteiger partial charge in [-0.2, -0.15) is 0 Å². The molecule has 1 aromatic carbocycles. The van der Waals surface area contributed by atoms with Crippen LogP contribution in [0.4, 0.5) is 8.78 Å². The molecule has 2 rings (SSSR count). The fourth-order valence-corrected chi connectivity index (χ4v) is 1.86. The van der Waals surface area contributed by atoms with Crippen LogP contribution in [0.25, 0.3) is 0 Å². The normalized spacial score (nSPS) is 17.7. The Balaban J connectivity index is 2.07. The predicted octanol–water partition coefficient (Wildman–Crippen LogP) is 2.75. The van der Waals surface area contributed by atoms with Crippen molar-refractivity contribution in [2.24, 2.45) is 0 Å². The third-order valence-corrected chi connectivity index (χ3v) is 2.73. The maximum atomic E-state index is 12.7. The molecular weight excluding hydrogens is 212 g/mol. The summed E-state index contributed by atoms with van der Waals surface area (Å²) in [4.78, 5) is 0. The van der Waals surface area contributed by atoms with E-state index in [4.69, 9.17) is 4.74 Å². The van der Waals surface area contributed by atoms with Crippen LogP contribution in [-0.2, 0) is 0 Å². The van der Waals surface area contributed by atoms with Crippen LogP contribution in [0.15, 0.2) is 24.3 Å². The third kappa shape index (κ3) is 2.70. The second kappa shape index (κ2) is 5.25. The van der Waals surface area contributed by atoms with Crippen molar-refractivity contribution < 1.29 is 13.5 Å². The maximum absolute atomic E-state index is 12.7. The van der Waals surface area contributed by atoms with Gasteiger partial charge in [0.05, 0.1) is 5.56 Å². The summed E-state index contributed by atoms with van der Waals surface area (Å²) in [6.07, 6.45) is -0.672. The summed E-state index contributed by atoms with van der Waals surface area (Å²) in [5.41, 5.74) is -0.0129. The zero-order chi connectivity index (χ0) is 11.4. The van der Waals surface area contributed by atoms with E-state index in [1.807, 2.05) is 0 Å². The maximum Gasteiger partial charge on any atom is 0.267 e. The van der Waals surface area contributed by atoms with E-state index in [1.165, 1.54) is 6.07 Å². The number of benzene rings is 1. The fraction of sp³-hybridized carbons (Fsp3) is 0.500. The molecule has 0 amide bonds. The number of halogens is 2. The largest absolute Gasteiger partial charge is 0.490 e. The Morgan fingerprint density at radius 3 is 2.56 bits per heavy atom. The van der Waals surface area contributed by atoms with Crippen LogP contribution in [0.1, 0.15) is 24.8 Å². The van der Waals surface area contributed by atoms with Crippen molar-refractivity contribution in [3.05, 3.63) is 29.8 Å². The highest BCUT2D eigenvalue weighted by atomic mass is 19.3. The summed E-state index contributed by atoms with van der Waals surface area (Å²) in [7, 11) is 0. The number of hydrogen-bond acceptors (Lipinski definition) is 2. The van der Waals surface area contributed by atoms with E-state index >= 15 is 0 Å². The van der Waals surface area contributed by atoms with Gasteiger partial charge in [-0.1, -0.05) is 12.1 Å². The van der Waals surface area contributed by atoms with Gasteiger partial charge in [0.25, 0.3) is 6.43 Å². The molecule has 1 aromatic rings. The van der Waals surface area contributed by atoms with Gasteiger partial charge in [-0.3, -0.25) is 0 Å². The first-order chi connectivity index (χ1) is 7.77. The van der Waals surface area contributed by atoms with Crippen LogP contribution < -0.4 is 10.1 Å². The number of para-hydroxylation sites is 1. The van der Waals surface area contributed by atoms with Crippen molar-refractivity contribution >= 4 is 0 Å². The molecule has 1 saturated heterocycles. The van der Waals surface area contributed by atoms with Gasteiger partial charge in [0.1, 0.15) is 11.9 Å². The minimum Gasteiger partial charge on any atom is -0.490 e. The van der Waals surface area contributed by atoms with E-state index in [1.54, 1.807) is 18.2 Å². The van der Waals surface area contributed by atoms with Crippen molar-refractivity contribution in [1.82, 2.24) is 5.32 Å². The number of rotatable bonds is 3. The number of ether oxygens (including phenoxy) is 1. The summed E-state index contributed by atoms with van der Waals surface area (Å²) >= 11 is 0. The van der Waals surface area contributed by atoms with Crippen LogP contribution >= 0.6 is 0 Å². The molecule has 1 aliphatic heterocycles. The van der Waals surface area contributed by atoms with E-state index in [0.717, 1.165) is 25.9 Å².